The molecule has 2 amide bonds. The van der Waals surface area contributed by atoms with Crippen LogP contribution in [-0.4, -0.2) is 59.6 Å². The highest BCUT2D eigenvalue weighted by molar-refractivity contribution is 8.14. The molecule has 37 heavy (non-hydrogen) atoms. The van der Waals surface area contributed by atoms with Crippen molar-refractivity contribution in [3.8, 4) is 0 Å². The van der Waals surface area contributed by atoms with Crippen LogP contribution in [0.5, 0.6) is 0 Å². The van der Waals surface area contributed by atoms with E-state index >= 15 is 0 Å². The fraction of sp³-hybridized carbons (Fsp3) is 0.214. The molecule has 3 heterocycles. The summed E-state index contributed by atoms with van der Waals surface area (Å²) in [5, 5.41) is 4.43. The third kappa shape index (κ3) is 5.68. The Morgan fingerprint density at radius 3 is 2.35 bits per heavy atom. The van der Waals surface area contributed by atoms with Crippen LogP contribution in [0.3, 0.4) is 0 Å². The Bertz CT molecular complexity index is 1340. The molecule has 0 saturated carbocycles. The summed E-state index contributed by atoms with van der Waals surface area (Å²) in [6.45, 7) is 4.23. The number of aliphatic imine (C=N–C) groups is 1. The van der Waals surface area contributed by atoms with Gasteiger partial charge < -0.3 is 9.80 Å². The van der Waals surface area contributed by atoms with Crippen molar-refractivity contribution in [3.63, 3.8) is 0 Å². The molecule has 2 aliphatic heterocycles. The molecule has 1 fully saturated rings. The molecule has 0 radical (unpaired) electrons. The van der Waals surface area contributed by atoms with Crippen LogP contribution >= 0.6 is 23.1 Å². The zero-order valence-electron chi connectivity index (χ0n) is 20.4. The van der Waals surface area contributed by atoms with Gasteiger partial charge in [-0.25, -0.2) is 4.99 Å². The van der Waals surface area contributed by atoms with Gasteiger partial charge in [0.25, 0.3) is 5.91 Å². The quantitative estimate of drug-likeness (QED) is 0.339. The minimum Gasteiger partial charge on any atom is -0.368 e. The number of benzene rings is 2. The number of hydrogen-bond donors (Lipinski definition) is 0. The second-order valence-electron chi connectivity index (χ2n) is 8.72. The Hall–Kier alpha value is -3.69. The lowest BCUT2D eigenvalue weighted by molar-refractivity contribution is -0.128. The summed E-state index contributed by atoms with van der Waals surface area (Å²) in [6.07, 6.45) is 1.78. The van der Waals surface area contributed by atoms with Crippen molar-refractivity contribution in [1.82, 2.24) is 4.90 Å². The summed E-state index contributed by atoms with van der Waals surface area (Å²) in [5.74, 6) is 0.0776. The monoisotopic (exact) mass is 530 g/mol. The molecule has 9 heteroatoms. The molecule has 188 valence electrons. The van der Waals surface area contributed by atoms with Gasteiger partial charge in [-0.15, -0.1) is 0 Å². The smallest absolute Gasteiger partial charge is 0.283 e. The number of piperazine rings is 1. The van der Waals surface area contributed by atoms with E-state index in [9.17, 15) is 14.4 Å². The van der Waals surface area contributed by atoms with Gasteiger partial charge in [0.2, 0.25) is 5.91 Å². The topological polar surface area (TPSA) is 73.3 Å². The van der Waals surface area contributed by atoms with E-state index in [0.29, 0.717) is 29.5 Å². The van der Waals surface area contributed by atoms with Crippen molar-refractivity contribution >= 4 is 63.3 Å². The molecular weight excluding hydrogens is 504 g/mol. The van der Waals surface area contributed by atoms with Gasteiger partial charge >= 0.3 is 0 Å². The van der Waals surface area contributed by atoms with Crippen molar-refractivity contribution in [2.75, 3.05) is 41.7 Å². The second-order valence-corrected chi connectivity index (χ2v) is 10.4. The van der Waals surface area contributed by atoms with Crippen molar-refractivity contribution in [1.29, 1.82) is 0 Å². The average Bonchev–Trinajstić information content (AvgIpc) is 3.55. The van der Waals surface area contributed by atoms with E-state index in [4.69, 9.17) is 0 Å². The summed E-state index contributed by atoms with van der Waals surface area (Å²) in [4.78, 5) is 48.1. The normalized spacial score (nSPS) is 16.9. The van der Waals surface area contributed by atoms with Crippen LogP contribution < -0.4 is 9.80 Å². The lowest BCUT2D eigenvalue weighted by atomic mass is 10.1. The zero-order chi connectivity index (χ0) is 25.8. The van der Waals surface area contributed by atoms with E-state index in [-0.39, 0.29) is 23.4 Å². The van der Waals surface area contributed by atoms with Crippen molar-refractivity contribution in [2.45, 2.75) is 6.92 Å². The SMILES string of the molecule is CC(=O)c1ccc(N2CCN(C(=O)CSC3=N/C(=C/c4ccsc4)C(=O)N3c3ccccc3)CC2)cc1. The van der Waals surface area contributed by atoms with E-state index < -0.39 is 0 Å². The molecule has 0 spiro atoms. The van der Waals surface area contributed by atoms with Gasteiger partial charge in [0.15, 0.2) is 11.0 Å². The first-order valence-corrected chi connectivity index (χ1v) is 13.9. The summed E-state index contributed by atoms with van der Waals surface area (Å²) >= 11 is 2.85. The standard InChI is InChI=1S/C28H26N4O3S2/c1-20(33)22-7-9-23(10-8-22)30-12-14-31(15-13-30)26(34)19-37-28-29-25(17-21-11-16-36-18-21)27(35)32(28)24-5-3-2-4-6-24/h2-11,16-18H,12-15,19H2,1H3/b25-17+. The summed E-state index contributed by atoms with van der Waals surface area (Å²) < 4.78 is 0. The molecule has 0 N–H and O–H groups in total. The number of carbonyl (C=O) groups is 3. The number of thioether (sulfide) groups is 1. The fourth-order valence-corrected chi connectivity index (χ4v) is 5.78. The third-order valence-electron chi connectivity index (χ3n) is 6.29. The van der Waals surface area contributed by atoms with Crippen LogP contribution in [0.25, 0.3) is 6.08 Å². The summed E-state index contributed by atoms with van der Waals surface area (Å²) in [5.41, 5.74) is 3.77. The molecular formula is C28H26N4O3S2. The molecule has 2 aliphatic rings. The largest absolute Gasteiger partial charge is 0.368 e. The highest BCUT2D eigenvalue weighted by Gasteiger charge is 2.33. The summed E-state index contributed by atoms with van der Waals surface area (Å²) in [7, 11) is 0. The number of ketones is 1. The highest BCUT2D eigenvalue weighted by atomic mass is 32.2. The number of hydrogen-bond acceptors (Lipinski definition) is 7. The minimum atomic E-state index is -0.197. The van der Waals surface area contributed by atoms with Crippen molar-refractivity contribution < 1.29 is 14.4 Å². The maximum Gasteiger partial charge on any atom is 0.283 e. The number of thiophene rings is 1. The number of para-hydroxylation sites is 1. The van der Waals surface area contributed by atoms with Gasteiger partial charge in [-0.1, -0.05) is 30.0 Å². The van der Waals surface area contributed by atoms with Gasteiger partial charge in [0, 0.05) is 37.4 Å². The minimum absolute atomic E-state index is 0.0232. The first-order valence-electron chi connectivity index (χ1n) is 12.0. The van der Waals surface area contributed by atoms with E-state index in [2.05, 4.69) is 9.89 Å². The number of anilines is 2. The van der Waals surface area contributed by atoms with Gasteiger partial charge in [0.1, 0.15) is 5.70 Å². The Morgan fingerprint density at radius 1 is 0.973 bits per heavy atom. The van der Waals surface area contributed by atoms with E-state index in [0.717, 1.165) is 30.0 Å². The molecule has 1 aromatic heterocycles. The molecule has 3 aromatic rings. The first-order chi connectivity index (χ1) is 18.0. The number of Topliss-reactive ketones (excluding diaryl/α,β-unsaturated/α-hetero) is 1. The van der Waals surface area contributed by atoms with E-state index in [1.165, 1.54) is 11.8 Å². The summed E-state index contributed by atoms with van der Waals surface area (Å²) in [6, 6.07) is 18.9. The lowest BCUT2D eigenvalue weighted by Crippen LogP contribution is -2.49. The van der Waals surface area contributed by atoms with Crippen molar-refractivity contribution in [3.05, 3.63) is 88.2 Å². The Morgan fingerprint density at radius 2 is 1.70 bits per heavy atom. The Balaban J connectivity index is 1.23. The van der Waals surface area contributed by atoms with Crippen LogP contribution in [-0.2, 0) is 9.59 Å². The predicted molar refractivity (Wildman–Crippen MR) is 151 cm³/mol. The number of nitrogens with zero attached hydrogens (tertiary/aromatic N) is 4. The lowest BCUT2D eigenvalue weighted by Gasteiger charge is -2.36. The number of rotatable bonds is 6. The first kappa shape index (κ1) is 25.0. The van der Waals surface area contributed by atoms with Crippen molar-refractivity contribution in [2.24, 2.45) is 4.99 Å². The maximum absolute atomic E-state index is 13.2. The zero-order valence-corrected chi connectivity index (χ0v) is 22.0. The van der Waals surface area contributed by atoms with Crippen LogP contribution in [0.1, 0.15) is 22.8 Å². The van der Waals surface area contributed by atoms with Crippen LogP contribution in [0, 0.1) is 0 Å². The van der Waals surface area contributed by atoms with Crippen LogP contribution in [0.15, 0.2) is 82.1 Å². The highest BCUT2D eigenvalue weighted by Crippen LogP contribution is 2.30. The third-order valence-corrected chi connectivity index (χ3v) is 7.91. The maximum atomic E-state index is 13.2. The molecule has 0 unspecified atom stereocenters. The van der Waals surface area contributed by atoms with Gasteiger partial charge in [-0.3, -0.25) is 19.3 Å². The second kappa shape index (κ2) is 11.1. The Kier molecular flexibility index (Phi) is 7.52. The molecule has 0 aliphatic carbocycles. The number of carbonyl (C=O) groups excluding carboxylic acids is 3. The molecule has 5 rings (SSSR count). The van der Waals surface area contributed by atoms with Gasteiger partial charge in [0.05, 0.1) is 11.4 Å². The number of amidine groups is 1. The van der Waals surface area contributed by atoms with Gasteiger partial charge in [-0.2, -0.15) is 11.3 Å². The molecule has 0 bridgehead atoms. The predicted octanol–water partition coefficient (Wildman–Crippen LogP) is 4.78. The Labute approximate surface area is 224 Å². The molecule has 7 nitrogen and oxygen atoms in total. The van der Waals surface area contributed by atoms with Crippen LogP contribution in [0.2, 0.25) is 0 Å². The van der Waals surface area contributed by atoms with E-state index in [1.807, 2.05) is 76.3 Å². The van der Waals surface area contributed by atoms with Crippen LogP contribution in [0.4, 0.5) is 11.4 Å². The molecule has 1 saturated heterocycles. The van der Waals surface area contributed by atoms with E-state index in [1.54, 1.807) is 29.2 Å². The fourth-order valence-electron chi connectivity index (χ4n) is 4.25. The van der Waals surface area contributed by atoms with Gasteiger partial charge in [-0.05, 0) is 71.8 Å². The average molecular weight is 531 g/mol. The molecule has 2 aromatic carbocycles. The molecule has 0 atom stereocenters. The number of amides is 2.